The summed E-state index contributed by atoms with van der Waals surface area (Å²) in [4.78, 5) is 14.2. The van der Waals surface area contributed by atoms with E-state index in [0.29, 0.717) is 13.1 Å². The lowest BCUT2D eigenvalue weighted by Crippen LogP contribution is -2.61. The molecule has 8 heteroatoms. The van der Waals surface area contributed by atoms with Crippen LogP contribution >= 0.6 is 0 Å². The number of nitrogens with one attached hydrogen (secondary N) is 1. The molecule has 1 saturated heterocycles. The predicted octanol–water partition coefficient (Wildman–Crippen LogP) is 2.46. The summed E-state index contributed by atoms with van der Waals surface area (Å²) in [5.74, 6) is 0. The third-order valence-corrected chi connectivity index (χ3v) is 5.38. The van der Waals surface area contributed by atoms with Gasteiger partial charge in [-0.3, -0.25) is 9.08 Å². The van der Waals surface area contributed by atoms with Gasteiger partial charge in [-0.25, -0.2) is 4.79 Å². The molecule has 2 atom stereocenters. The third kappa shape index (κ3) is 5.79. The average molecular weight is 397 g/mol. The summed E-state index contributed by atoms with van der Waals surface area (Å²) in [6, 6.07) is 5.60. The van der Waals surface area contributed by atoms with Gasteiger partial charge in [0.2, 0.25) is 0 Å². The van der Waals surface area contributed by atoms with Crippen LogP contribution in [-0.4, -0.2) is 56.8 Å². The fraction of sp³-hybridized carbons (Fsp3) is 0.526. The van der Waals surface area contributed by atoms with Crippen molar-refractivity contribution >= 4 is 16.2 Å². The predicted molar refractivity (Wildman–Crippen MR) is 103 cm³/mol. The minimum atomic E-state index is -3.92. The van der Waals surface area contributed by atoms with Gasteiger partial charge in [0.15, 0.2) is 0 Å². The Morgan fingerprint density at radius 3 is 2.48 bits per heavy atom. The van der Waals surface area contributed by atoms with Gasteiger partial charge in [0.1, 0.15) is 5.60 Å². The van der Waals surface area contributed by atoms with Gasteiger partial charge in [-0.15, -0.1) is 6.58 Å². The summed E-state index contributed by atoms with van der Waals surface area (Å²) in [6.07, 6.45) is 1.12. The molecule has 0 aromatic heterocycles. The zero-order valence-corrected chi connectivity index (χ0v) is 17.1. The molecule has 1 N–H and O–H groups in total. The van der Waals surface area contributed by atoms with Gasteiger partial charge in [0, 0.05) is 13.1 Å². The molecule has 1 fully saturated rings. The highest BCUT2D eigenvalue weighted by molar-refractivity contribution is 7.86. The van der Waals surface area contributed by atoms with Crippen LogP contribution < -0.4 is 5.32 Å². The van der Waals surface area contributed by atoms with E-state index in [2.05, 4.69) is 11.9 Å². The maximum Gasteiger partial charge on any atom is 0.411 e. The first-order chi connectivity index (χ1) is 12.5. The Kier molecular flexibility index (Phi) is 6.67. The van der Waals surface area contributed by atoms with Gasteiger partial charge < -0.3 is 10.1 Å². The Morgan fingerprint density at radius 1 is 1.30 bits per heavy atom. The Balaban J connectivity index is 2.15. The van der Waals surface area contributed by atoms with Crippen LogP contribution in [0.2, 0.25) is 0 Å². The molecule has 1 amide bonds. The SMILES string of the molecule is C=C[C@@H]1CNC[C@H](COS(=O)(=O)c2ccc(C)cc2)N1C(=O)OC(C)(C)C. The molecule has 150 valence electrons. The van der Waals surface area contributed by atoms with E-state index in [1.165, 1.54) is 17.0 Å². The molecule has 0 spiro atoms. The second-order valence-corrected chi connectivity index (χ2v) is 9.17. The molecule has 1 aromatic carbocycles. The van der Waals surface area contributed by atoms with Gasteiger partial charge in [-0.1, -0.05) is 23.8 Å². The Hall–Kier alpha value is -1.90. The smallest absolute Gasteiger partial charge is 0.411 e. The van der Waals surface area contributed by atoms with Gasteiger partial charge in [-0.2, -0.15) is 8.42 Å². The van der Waals surface area contributed by atoms with Crippen molar-refractivity contribution in [1.82, 2.24) is 10.2 Å². The van der Waals surface area contributed by atoms with E-state index in [0.717, 1.165) is 5.56 Å². The number of carbonyl (C=O) groups excluding carboxylic acids is 1. The van der Waals surface area contributed by atoms with Crippen molar-refractivity contribution < 1.29 is 22.1 Å². The zero-order valence-electron chi connectivity index (χ0n) is 16.3. The first-order valence-corrected chi connectivity index (χ1v) is 10.2. The van der Waals surface area contributed by atoms with Crippen molar-refractivity contribution in [2.24, 2.45) is 0 Å². The van der Waals surface area contributed by atoms with E-state index in [4.69, 9.17) is 8.92 Å². The molecular weight excluding hydrogens is 368 g/mol. The lowest BCUT2D eigenvalue weighted by Gasteiger charge is -2.41. The van der Waals surface area contributed by atoms with E-state index in [1.54, 1.807) is 39.0 Å². The number of amides is 1. The number of rotatable bonds is 5. The van der Waals surface area contributed by atoms with Gasteiger partial charge >= 0.3 is 6.09 Å². The number of hydrogen-bond donors (Lipinski definition) is 1. The molecule has 0 aliphatic carbocycles. The average Bonchev–Trinajstić information content (AvgIpc) is 2.58. The molecule has 0 radical (unpaired) electrons. The minimum absolute atomic E-state index is 0.0842. The summed E-state index contributed by atoms with van der Waals surface area (Å²) in [7, 11) is -3.92. The lowest BCUT2D eigenvalue weighted by atomic mass is 10.1. The molecule has 1 heterocycles. The number of carbonyl (C=O) groups is 1. The highest BCUT2D eigenvalue weighted by Crippen LogP contribution is 2.20. The van der Waals surface area contributed by atoms with Crippen LogP contribution in [0.25, 0.3) is 0 Å². The van der Waals surface area contributed by atoms with Crippen LogP contribution in [0.5, 0.6) is 0 Å². The fourth-order valence-corrected chi connectivity index (χ4v) is 3.68. The van der Waals surface area contributed by atoms with Crippen LogP contribution in [0.4, 0.5) is 4.79 Å². The van der Waals surface area contributed by atoms with Crippen LogP contribution in [0.3, 0.4) is 0 Å². The summed E-state index contributed by atoms with van der Waals surface area (Å²) < 4.78 is 35.6. The standard InChI is InChI=1S/C19H28N2O5S/c1-6-15-11-20-12-16(21(15)18(22)26-19(3,4)5)13-25-27(23,24)17-9-7-14(2)8-10-17/h6-10,15-16,20H,1,11-13H2,2-5H3/t15-,16-/m1/s1. The first kappa shape index (κ1) is 21.4. The van der Waals surface area contributed by atoms with E-state index < -0.39 is 27.9 Å². The lowest BCUT2D eigenvalue weighted by molar-refractivity contribution is -0.00216. The molecule has 1 aromatic rings. The quantitative estimate of drug-likeness (QED) is 0.608. The molecule has 0 bridgehead atoms. The van der Waals surface area contributed by atoms with Crippen molar-refractivity contribution in [1.29, 1.82) is 0 Å². The highest BCUT2D eigenvalue weighted by Gasteiger charge is 2.36. The number of hydrogen-bond acceptors (Lipinski definition) is 6. The Labute approximate surface area is 161 Å². The monoisotopic (exact) mass is 396 g/mol. The summed E-state index contributed by atoms with van der Waals surface area (Å²) in [5, 5.41) is 3.17. The minimum Gasteiger partial charge on any atom is -0.444 e. The molecule has 2 rings (SSSR count). The second kappa shape index (κ2) is 8.41. The van der Waals surface area contributed by atoms with Crippen LogP contribution in [-0.2, 0) is 19.0 Å². The number of ether oxygens (including phenoxy) is 1. The topological polar surface area (TPSA) is 84.9 Å². The first-order valence-electron chi connectivity index (χ1n) is 8.84. The molecule has 27 heavy (non-hydrogen) atoms. The molecule has 1 aliphatic rings. The fourth-order valence-electron chi connectivity index (χ4n) is 2.74. The van der Waals surface area contributed by atoms with Crippen LogP contribution in [0.15, 0.2) is 41.8 Å². The molecule has 0 unspecified atom stereocenters. The molecule has 7 nitrogen and oxygen atoms in total. The normalized spacial score (nSPS) is 21.0. The third-order valence-electron chi connectivity index (χ3n) is 4.09. The summed E-state index contributed by atoms with van der Waals surface area (Å²) in [6.45, 7) is 11.7. The van der Waals surface area contributed by atoms with E-state index in [1.807, 2.05) is 6.92 Å². The Morgan fingerprint density at radius 2 is 1.93 bits per heavy atom. The molecule has 1 aliphatic heterocycles. The number of piperazine rings is 1. The molecule has 0 saturated carbocycles. The number of benzene rings is 1. The van der Waals surface area contributed by atoms with E-state index in [9.17, 15) is 13.2 Å². The van der Waals surface area contributed by atoms with Crippen molar-refractivity contribution in [2.45, 2.75) is 50.3 Å². The summed E-state index contributed by atoms with van der Waals surface area (Å²) >= 11 is 0. The Bertz CT molecular complexity index is 768. The van der Waals surface area contributed by atoms with Gasteiger partial charge in [0.25, 0.3) is 10.1 Å². The van der Waals surface area contributed by atoms with Crippen molar-refractivity contribution in [3.63, 3.8) is 0 Å². The van der Waals surface area contributed by atoms with Crippen LogP contribution in [0, 0.1) is 6.92 Å². The van der Waals surface area contributed by atoms with Crippen molar-refractivity contribution in [2.75, 3.05) is 19.7 Å². The van der Waals surface area contributed by atoms with Gasteiger partial charge in [0.05, 0.1) is 23.6 Å². The summed E-state index contributed by atoms with van der Waals surface area (Å²) in [5.41, 5.74) is 0.294. The second-order valence-electron chi connectivity index (χ2n) is 7.55. The van der Waals surface area contributed by atoms with Crippen LogP contribution in [0.1, 0.15) is 26.3 Å². The maximum absolute atomic E-state index is 12.6. The van der Waals surface area contributed by atoms with E-state index in [-0.39, 0.29) is 17.5 Å². The van der Waals surface area contributed by atoms with Crippen molar-refractivity contribution in [3.8, 4) is 0 Å². The zero-order chi connectivity index (χ0) is 20.2. The number of aryl methyl sites for hydroxylation is 1. The van der Waals surface area contributed by atoms with Crippen molar-refractivity contribution in [3.05, 3.63) is 42.5 Å². The van der Waals surface area contributed by atoms with Gasteiger partial charge in [-0.05, 0) is 39.8 Å². The maximum atomic E-state index is 12.6. The largest absolute Gasteiger partial charge is 0.444 e. The van der Waals surface area contributed by atoms with E-state index >= 15 is 0 Å². The number of nitrogens with zero attached hydrogens (tertiary/aromatic N) is 1. The highest BCUT2D eigenvalue weighted by atomic mass is 32.2. The molecular formula is C19H28N2O5S.